The Bertz CT molecular complexity index is 620. The molecule has 0 saturated heterocycles. The molecule has 0 bridgehead atoms. The molecule has 6 nitrogen and oxygen atoms in total. The Morgan fingerprint density at radius 2 is 2.09 bits per heavy atom. The second-order valence-electron chi connectivity index (χ2n) is 5.43. The van der Waals surface area contributed by atoms with Crippen molar-refractivity contribution in [3.63, 3.8) is 0 Å². The summed E-state index contributed by atoms with van der Waals surface area (Å²) in [5, 5.41) is 11.9. The highest BCUT2D eigenvalue weighted by molar-refractivity contribution is 7.99. The topological polar surface area (TPSA) is 86.7 Å². The van der Waals surface area contributed by atoms with Crippen molar-refractivity contribution in [2.75, 3.05) is 18.8 Å². The second-order valence-corrected chi connectivity index (χ2v) is 6.49. The van der Waals surface area contributed by atoms with Crippen LogP contribution in [0.25, 0.3) is 0 Å². The van der Waals surface area contributed by atoms with Crippen LogP contribution >= 0.6 is 11.8 Å². The van der Waals surface area contributed by atoms with E-state index in [1.165, 1.54) is 18.7 Å². The van der Waals surface area contributed by atoms with Crippen molar-refractivity contribution in [2.24, 2.45) is 0 Å². The van der Waals surface area contributed by atoms with Crippen LogP contribution in [0.5, 0.6) is 0 Å². The Hall–Kier alpha value is -2.02. The van der Waals surface area contributed by atoms with Crippen molar-refractivity contribution >= 4 is 29.5 Å². The van der Waals surface area contributed by atoms with Gasteiger partial charge in [0, 0.05) is 30.7 Å². The molecule has 2 rings (SSSR count). The number of fused-ring (bicyclic) bond motifs is 1. The van der Waals surface area contributed by atoms with Crippen LogP contribution in [0.2, 0.25) is 0 Å². The van der Waals surface area contributed by atoms with E-state index in [0.717, 1.165) is 10.5 Å². The molecule has 0 aliphatic carbocycles. The van der Waals surface area contributed by atoms with Crippen LogP contribution < -0.4 is 5.32 Å². The van der Waals surface area contributed by atoms with Crippen LogP contribution in [0.1, 0.15) is 25.3 Å². The van der Waals surface area contributed by atoms with Crippen molar-refractivity contribution in [3.05, 3.63) is 29.8 Å². The molecule has 1 aliphatic rings. The molecule has 23 heavy (non-hydrogen) atoms. The second kappa shape index (κ2) is 7.50. The summed E-state index contributed by atoms with van der Waals surface area (Å²) in [6, 6.07) is 6.75. The van der Waals surface area contributed by atoms with Gasteiger partial charge in [0.2, 0.25) is 11.8 Å². The molecule has 1 aliphatic heterocycles. The summed E-state index contributed by atoms with van der Waals surface area (Å²) in [5.41, 5.74) is 0.949. The molecular formula is C16H20N2O4S. The standard InChI is InChI=1S/C16H20N2O4S/c1-10(16(21)22)18(8-7-17-11(2)19)15(20)13-9-23-14-6-4-3-5-12(13)14/h3-6,10,13H,7-9H2,1-2H3,(H,17,19)(H,21,22). The van der Waals surface area contributed by atoms with E-state index >= 15 is 0 Å². The van der Waals surface area contributed by atoms with Gasteiger partial charge < -0.3 is 15.3 Å². The van der Waals surface area contributed by atoms with Gasteiger partial charge in [-0.25, -0.2) is 4.79 Å². The number of carboxylic acid groups (broad SMARTS) is 1. The average molecular weight is 336 g/mol. The van der Waals surface area contributed by atoms with Crippen LogP contribution in [0.3, 0.4) is 0 Å². The molecule has 2 atom stereocenters. The number of amides is 2. The lowest BCUT2D eigenvalue weighted by atomic mass is 9.99. The summed E-state index contributed by atoms with van der Waals surface area (Å²) < 4.78 is 0. The molecule has 1 aromatic carbocycles. The highest BCUT2D eigenvalue weighted by atomic mass is 32.2. The minimum absolute atomic E-state index is 0.176. The first-order valence-electron chi connectivity index (χ1n) is 7.41. The van der Waals surface area contributed by atoms with Crippen molar-refractivity contribution in [3.8, 4) is 0 Å². The lowest BCUT2D eigenvalue weighted by molar-refractivity contribution is -0.149. The number of hydrogen-bond donors (Lipinski definition) is 2. The van der Waals surface area contributed by atoms with Gasteiger partial charge in [0.25, 0.3) is 0 Å². The third-order valence-corrected chi connectivity index (χ3v) is 5.02. The zero-order valence-electron chi connectivity index (χ0n) is 13.1. The fourth-order valence-electron chi connectivity index (χ4n) is 2.55. The summed E-state index contributed by atoms with van der Waals surface area (Å²) in [4.78, 5) is 37.6. The van der Waals surface area contributed by atoms with E-state index in [4.69, 9.17) is 0 Å². The smallest absolute Gasteiger partial charge is 0.326 e. The lowest BCUT2D eigenvalue weighted by Crippen LogP contribution is -2.48. The number of carbonyl (C=O) groups is 3. The minimum atomic E-state index is -1.06. The number of benzene rings is 1. The first kappa shape index (κ1) is 17.3. The number of carbonyl (C=O) groups excluding carboxylic acids is 2. The number of rotatable bonds is 6. The summed E-state index contributed by atoms with van der Waals surface area (Å²) in [7, 11) is 0. The van der Waals surface area contributed by atoms with E-state index in [9.17, 15) is 19.5 Å². The minimum Gasteiger partial charge on any atom is -0.480 e. The molecular weight excluding hydrogens is 316 g/mol. The monoisotopic (exact) mass is 336 g/mol. The van der Waals surface area contributed by atoms with Crippen LogP contribution in [-0.4, -0.2) is 52.7 Å². The van der Waals surface area contributed by atoms with Gasteiger partial charge in [-0.15, -0.1) is 11.8 Å². The molecule has 2 unspecified atom stereocenters. The Labute approximate surface area is 139 Å². The first-order valence-corrected chi connectivity index (χ1v) is 8.39. The highest BCUT2D eigenvalue weighted by Crippen LogP contribution is 2.40. The Balaban J connectivity index is 2.16. The van der Waals surface area contributed by atoms with E-state index in [0.29, 0.717) is 5.75 Å². The van der Waals surface area contributed by atoms with E-state index < -0.39 is 12.0 Å². The summed E-state index contributed by atoms with van der Waals surface area (Å²) >= 11 is 1.61. The highest BCUT2D eigenvalue weighted by Gasteiger charge is 2.35. The number of carboxylic acids is 1. The Kier molecular flexibility index (Phi) is 5.65. The Morgan fingerprint density at radius 3 is 2.74 bits per heavy atom. The van der Waals surface area contributed by atoms with E-state index in [2.05, 4.69) is 5.32 Å². The summed E-state index contributed by atoms with van der Waals surface area (Å²) in [5.74, 6) is -1.19. The number of nitrogens with zero attached hydrogens (tertiary/aromatic N) is 1. The first-order chi connectivity index (χ1) is 10.9. The molecule has 2 N–H and O–H groups in total. The number of hydrogen-bond acceptors (Lipinski definition) is 4. The fraction of sp³-hybridized carbons (Fsp3) is 0.438. The zero-order valence-corrected chi connectivity index (χ0v) is 13.9. The maximum atomic E-state index is 12.9. The van der Waals surface area contributed by atoms with Gasteiger partial charge in [0.15, 0.2) is 0 Å². The molecule has 0 saturated carbocycles. The zero-order chi connectivity index (χ0) is 17.0. The SMILES string of the molecule is CC(=O)NCCN(C(=O)C1CSc2ccccc21)C(C)C(=O)O. The van der Waals surface area contributed by atoms with E-state index in [-0.39, 0.29) is 30.8 Å². The molecule has 1 aromatic rings. The van der Waals surface area contributed by atoms with E-state index in [1.807, 2.05) is 24.3 Å². The summed E-state index contributed by atoms with van der Waals surface area (Å²) in [6.45, 7) is 3.29. The van der Waals surface area contributed by atoms with Gasteiger partial charge in [-0.2, -0.15) is 0 Å². The van der Waals surface area contributed by atoms with E-state index in [1.54, 1.807) is 11.8 Å². The van der Waals surface area contributed by atoms with Crippen LogP contribution in [0.15, 0.2) is 29.2 Å². The number of thioether (sulfide) groups is 1. The van der Waals surface area contributed by atoms with Crippen molar-refractivity contribution in [1.82, 2.24) is 10.2 Å². The largest absolute Gasteiger partial charge is 0.480 e. The van der Waals surface area contributed by atoms with Gasteiger partial charge >= 0.3 is 5.97 Å². The quantitative estimate of drug-likeness (QED) is 0.818. The van der Waals surface area contributed by atoms with Crippen LogP contribution in [-0.2, 0) is 14.4 Å². The third kappa shape index (κ3) is 4.04. The van der Waals surface area contributed by atoms with Gasteiger partial charge in [0.1, 0.15) is 6.04 Å². The lowest BCUT2D eigenvalue weighted by Gasteiger charge is -2.29. The molecule has 7 heteroatoms. The molecule has 1 heterocycles. The van der Waals surface area contributed by atoms with Crippen LogP contribution in [0, 0.1) is 0 Å². The van der Waals surface area contributed by atoms with Crippen molar-refractivity contribution < 1.29 is 19.5 Å². The predicted molar refractivity (Wildman–Crippen MR) is 87.4 cm³/mol. The molecule has 0 spiro atoms. The Morgan fingerprint density at radius 1 is 1.39 bits per heavy atom. The molecule has 0 fully saturated rings. The van der Waals surface area contributed by atoms with Crippen molar-refractivity contribution in [1.29, 1.82) is 0 Å². The molecule has 124 valence electrons. The van der Waals surface area contributed by atoms with Gasteiger partial charge in [-0.1, -0.05) is 18.2 Å². The van der Waals surface area contributed by atoms with Gasteiger partial charge in [0.05, 0.1) is 5.92 Å². The number of nitrogens with one attached hydrogen (secondary N) is 1. The average Bonchev–Trinajstić information content (AvgIpc) is 2.94. The fourth-order valence-corrected chi connectivity index (χ4v) is 3.77. The van der Waals surface area contributed by atoms with Crippen molar-refractivity contribution in [2.45, 2.75) is 30.7 Å². The third-order valence-electron chi connectivity index (χ3n) is 3.83. The maximum Gasteiger partial charge on any atom is 0.326 e. The molecule has 0 radical (unpaired) electrons. The maximum absolute atomic E-state index is 12.9. The predicted octanol–water partition coefficient (Wildman–Crippen LogP) is 1.31. The number of aliphatic carboxylic acids is 1. The van der Waals surface area contributed by atoms with Crippen LogP contribution in [0.4, 0.5) is 0 Å². The molecule has 2 amide bonds. The normalized spacial score (nSPS) is 17.2. The summed E-state index contributed by atoms with van der Waals surface area (Å²) in [6.07, 6.45) is 0. The van der Waals surface area contributed by atoms with Gasteiger partial charge in [-0.3, -0.25) is 9.59 Å². The van der Waals surface area contributed by atoms with Gasteiger partial charge in [-0.05, 0) is 18.6 Å². The molecule has 0 aromatic heterocycles.